The zero-order valence-electron chi connectivity index (χ0n) is 10.8. The van der Waals surface area contributed by atoms with Crippen molar-refractivity contribution >= 4 is 23.1 Å². The lowest BCUT2D eigenvalue weighted by Gasteiger charge is -2.14. The van der Waals surface area contributed by atoms with E-state index in [0.29, 0.717) is 22.5 Å². The highest BCUT2D eigenvalue weighted by Gasteiger charge is 2.12. The number of hydrogen-bond donors (Lipinski definition) is 2. The van der Waals surface area contributed by atoms with Crippen molar-refractivity contribution in [1.82, 2.24) is 14.9 Å². The van der Waals surface area contributed by atoms with Crippen LogP contribution in [0.25, 0.3) is 0 Å². The molecule has 1 aromatic heterocycles. The van der Waals surface area contributed by atoms with Gasteiger partial charge in [0.25, 0.3) is 0 Å². The van der Waals surface area contributed by atoms with Gasteiger partial charge in [-0.3, -0.25) is 0 Å². The van der Waals surface area contributed by atoms with Gasteiger partial charge in [-0.05, 0) is 14.1 Å². The van der Waals surface area contributed by atoms with Crippen LogP contribution in [0.1, 0.15) is 25.6 Å². The molecule has 6 heteroatoms. The molecule has 1 heterocycles. The van der Waals surface area contributed by atoms with Gasteiger partial charge in [0, 0.05) is 19.0 Å². The first-order valence-corrected chi connectivity index (χ1v) is 6.01. The minimum atomic E-state index is 0.225. The van der Waals surface area contributed by atoms with Crippen LogP contribution in [0, 0.1) is 0 Å². The maximum atomic E-state index is 5.98. The topological polar surface area (TPSA) is 67.1 Å². The number of halogens is 1. The SMILES string of the molecule is CC(C)c1nc(Cl)c(N)c(NCCN(C)C)n1. The summed E-state index contributed by atoms with van der Waals surface area (Å²) in [5, 5.41) is 3.49. The number of nitrogens with one attached hydrogen (secondary N) is 1. The zero-order chi connectivity index (χ0) is 13.0. The van der Waals surface area contributed by atoms with Crippen molar-refractivity contribution < 1.29 is 0 Å². The Hall–Kier alpha value is -1.07. The van der Waals surface area contributed by atoms with Gasteiger partial charge in [-0.25, -0.2) is 9.97 Å². The number of nitrogens with zero attached hydrogens (tertiary/aromatic N) is 3. The number of aromatic nitrogens is 2. The van der Waals surface area contributed by atoms with E-state index in [4.69, 9.17) is 17.3 Å². The monoisotopic (exact) mass is 257 g/mol. The average Bonchev–Trinajstić information content (AvgIpc) is 2.23. The van der Waals surface area contributed by atoms with E-state index in [1.54, 1.807) is 0 Å². The third kappa shape index (κ3) is 4.02. The molecule has 0 spiro atoms. The van der Waals surface area contributed by atoms with Crippen molar-refractivity contribution in [2.24, 2.45) is 0 Å². The lowest BCUT2D eigenvalue weighted by atomic mass is 10.2. The Morgan fingerprint density at radius 2 is 2.00 bits per heavy atom. The van der Waals surface area contributed by atoms with Crippen molar-refractivity contribution in [3.8, 4) is 0 Å². The minimum Gasteiger partial charge on any atom is -0.393 e. The fraction of sp³-hybridized carbons (Fsp3) is 0.636. The molecule has 0 aromatic carbocycles. The van der Waals surface area contributed by atoms with Crippen LogP contribution in [0.4, 0.5) is 11.5 Å². The van der Waals surface area contributed by atoms with Gasteiger partial charge in [0.1, 0.15) is 11.5 Å². The standard InChI is InChI=1S/C11H20ClN5/c1-7(2)10-15-9(12)8(13)11(16-10)14-5-6-17(3)4/h7H,5-6,13H2,1-4H3,(H,14,15,16). The molecule has 0 saturated carbocycles. The number of likely N-dealkylation sites (N-methyl/N-ethyl adjacent to an activating group) is 1. The third-order valence-corrected chi connectivity index (χ3v) is 2.57. The summed E-state index contributed by atoms with van der Waals surface area (Å²) in [5.41, 5.74) is 6.25. The molecule has 0 aliphatic rings. The Morgan fingerprint density at radius 3 is 2.53 bits per heavy atom. The van der Waals surface area contributed by atoms with Gasteiger partial charge >= 0.3 is 0 Å². The molecule has 5 nitrogen and oxygen atoms in total. The molecule has 0 saturated heterocycles. The molecule has 0 radical (unpaired) electrons. The van der Waals surface area contributed by atoms with E-state index in [2.05, 4.69) is 20.2 Å². The molecule has 1 rings (SSSR count). The van der Waals surface area contributed by atoms with E-state index in [1.807, 2.05) is 27.9 Å². The van der Waals surface area contributed by atoms with Crippen molar-refractivity contribution in [2.75, 3.05) is 38.2 Å². The van der Waals surface area contributed by atoms with E-state index < -0.39 is 0 Å². The van der Waals surface area contributed by atoms with Crippen LogP contribution in [0.3, 0.4) is 0 Å². The Bertz CT molecular complexity index is 378. The maximum Gasteiger partial charge on any atom is 0.157 e. The Balaban J connectivity index is 2.82. The van der Waals surface area contributed by atoms with Crippen LogP contribution in [0.2, 0.25) is 5.15 Å². The first kappa shape index (κ1) is 14.0. The lowest BCUT2D eigenvalue weighted by molar-refractivity contribution is 0.425. The van der Waals surface area contributed by atoms with E-state index in [1.165, 1.54) is 0 Å². The number of nitrogens with two attached hydrogens (primary N) is 1. The van der Waals surface area contributed by atoms with Gasteiger partial charge in [-0.2, -0.15) is 0 Å². The van der Waals surface area contributed by atoms with Gasteiger partial charge < -0.3 is 16.0 Å². The molecule has 0 bridgehead atoms. The van der Waals surface area contributed by atoms with Crippen molar-refractivity contribution in [3.05, 3.63) is 11.0 Å². The van der Waals surface area contributed by atoms with Gasteiger partial charge in [0.15, 0.2) is 11.0 Å². The maximum absolute atomic E-state index is 5.98. The van der Waals surface area contributed by atoms with E-state index in [-0.39, 0.29) is 5.92 Å². The molecule has 0 aliphatic heterocycles. The lowest BCUT2D eigenvalue weighted by Crippen LogP contribution is -2.22. The van der Waals surface area contributed by atoms with Crippen molar-refractivity contribution in [3.63, 3.8) is 0 Å². The van der Waals surface area contributed by atoms with Gasteiger partial charge in [0.05, 0.1) is 0 Å². The van der Waals surface area contributed by atoms with E-state index >= 15 is 0 Å². The second-order valence-electron chi connectivity index (χ2n) is 4.52. The molecule has 96 valence electrons. The van der Waals surface area contributed by atoms with E-state index in [9.17, 15) is 0 Å². The highest BCUT2D eigenvalue weighted by Crippen LogP contribution is 2.25. The zero-order valence-corrected chi connectivity index (χ0v) is 11.5. The molecule has 3 N–H and O–H groups in total. The predicted octanol–water partition coefficient (Wildman–Crippen LogP) is 1.81. The predicted molar refractivity (Wildman–Crippen MR) is 72.6 cm³/mol. The fourth-order valence-corrected chi connectivity index (χ4v) is 1.43. The summed E-state index contributed by atoms with van der Waals surface area (Å²) in [7, 11) is 4.02. The first-order valence-electron chi connectivity index (χ1n) is 5.63. The van der Waals surface area contributed by atoms with Crippen molar-refractivity contribution in [1.29, 1.82) is 0 Å². The van der Waals surface area contributed by atoms with Crippen LogP contribution in [-0.4, -0.2) is 42.1 Å². The molecular weight excluding hydrogens is 238 g/mol. The quantitative estimate of drug-likeness (QED) is 0.788. The Kier molecular flexibility index (Phi) is 4.96. The normalized spacial score (nSPS) is 11.2. The molecule has 0 fully saturated rings. The van der Waals surface area contributed by atoms with E-state index in [0.717, 1.165) is 13.1 Å². The van der Waals surface area contributed by atoms with Gasteiger partial charge in [-0.15, -0.1) is 0 Å². The molecular formula is C11H20ClN5. The third-order valence-electron chi connectivity index (χ3n) is 2.28. The number of rotatable bonds is 5. The van der Waals surface area contributed by atoms with Crippen LogP contribution in [0.15, 0.2) is 0 Å². The highest BCUT2D eigenvalue weighted by atomic mass is 35.5. The Labute approximate surface area is 107 Å². The summed E-state index contributed by atoms with van der Waals surface area (Å²) in [6.07, 6.45) is 0. The summed E-state index contributed by atoms with van der Waals surface area (Å²) in [6.45, 7) is 5.71. The second kappa shape index (κ2) is 6.02. The number of nitrogen functional groups attached to an aromatic ring is 1. The summed E-state index contributed by atoms with van der Waals surface area (Å²) in [4.78, 5) is 10.6. The fourth-order valence-electron chi connectivity index (χ4n) is 1.25. The average molecular weight is 258 g/mol. The Morgan fingerprint density at radius 1 is 1.35 bits per heavy atom. The second-order valence-corrected chi connectivity index (χ2v) is 4.88. The molecule has 0 atom stereocenters. The molecule has 0 aliphatic carbocycles. The minimum absolute atomic E-state index is 0.225. The highest BCUT2D eigenvalue weighted by molar-refractivity contribution is 6.32. The number of hydrogen-bond acceptors (Lipinski definition) is 5. The summed E-state index contributed by atoms with van der Waals surface area (Å²) in [5.74, 6) is 1.55. The molecule has 17 heavy (non-hydrogen) atoms. The molecule has 0 amide bonds. The van der Waals surface area contributed by atoms with Crippen LogP contribution in [0.5, 0.6) is 0 Å². The number of anilines is 2. The molecule has 1 aromatic rings. The van der Waals surface area contributed by atoms with Gasteiger partial charge in [0.2, 0.25) is 0 Å². The van der Waals surface area contributed by atoms with Crippen LogP contribution >= 0.6 is 11.6 Å². The molecule has 0 unspecified atom stereocenters. The summed E-state index contributed by atoms with van der Waals surface area (Å²) >= 11 is 5.98. The summed E-state index contributed by atoms with van der Waals surface area (Å²) in [6, 6.07) is 0. The first-order chi connectivity index (χ1) is 7.91. The van der Waals surface area contributed by atoms with Crippen molar-refractivity contribution in [2.45, 2.75) is 19.8 Å². The van der Waals surface area contributed by atoms with Crippen LogP contribution in [-0.2, 0) is 0 Å². The van der Waals surface area contributed by atoms with Crippen LogP contribution < -0.4 is 11.1 Å². The van der Waals surface area contributed by atoms with Gasteiger partial charge in [-0.1, -0.05) is 25.4 Å². The largest absolute Gasteiger partial charge is 0.393 e. The smallest absolute Gasteiger partial charge is 0.157 e. The summed E-state index contributed by atoms with van der Waals surface area (Å²) < 4.78 is 0.